The number of pyridine rings is 1. The molecule has 0 spiro atoms. The first-order chi connectivity index (χ1) is 9.43. The minimum atomic E-state index is -0.364. The van der Waals surface area contributed by atoms with E-state index in [9.17, 15) is 10.1 Å². The summed E-state index contributed by atoms with van der Waals surface area (Å²) >= 11 is 0. The van der Waals surface area contributed by atoms with Crippen molar-refractivity contribution in [2.45, 2.75) is 31.8 Å². The van der Waals surface area contributed by atoms with Crippen molar-refractivity contribution >= 4 is 17.0 Å². The number of rotatable bonds is 2. The molecule has 1 aliphatic heterocycles. The number of hydrogen-bond acceptors (Lipinski definition) is 5. The minimum Gasteiger partial charge on any atom is -0.343 e. The maximum absolute atomic E-state index is 11.4. The van der Waals surface area contributed by atoms with Crippen LogP contribution in [-0.2, 0) is 0 Å². The molecule has 2 aromatic heterocycles. The zero-order valence-corrected chi connectivity index (χ0v) is 11.5. The van der Waals surface area contributed by atoms with Gasteiger partial charge in [-0.3, -0.25) is 10.1 Å². The predicted molar refractivity (Wildman–Crippen MR) is 75.9 cm³/mol. The van der Waals surface area contributed by atoms with Crippen LogP contribution in [0.15, 0.2) is 24.4 Å². The second-order valence-electron chi connectivity index (χ2n) is 5.66. The third-order valence-electron chi connectivity index (χ3n) is 4.20. The lowest BCUT2D eigenvalue weighted by atomic mass is 9.97. The molecule has 1 aliphatic rings. The molecule has 0 aromatic carbocycles. The molecule has 3 rings (SSSR count). The van der Waals surface area contributed by atoms with Gasteiger partial charge in [-0.05, 0) is 32.4 Å². The number of nitrogens with two attached hydrogens (primary N) is 1. The fraction of sp³-hybridized carbons (Fsp3) is 0.462. The molecule has 1 saturated heterocycles. The number of anilines is 1. The number of fused-ring (bicyclic) bond motifs is 1. The Morgan fingerprint density at radius 2 is 2.25 bits per heavy atom. The van der Waals surface area contributed by atoms with Gasteiger partial charge in [0.1, 0.15) is 5.52 Å². The number of nitrogens with zero attached hydrogens (tertiary/aromatic N) is 4. The van der Waals surface area contributed by atoms with E-state index in [-0.39, 0.29) is 22.2 Å². The Kier molecular flexibility index (Phi) is 2.68. The van der Waals surface area contributed by atoms with Gasteiger partial charge in [-0.2, -0.15) is 0 Å². The normalized spacial score (nSPS) is 21.6. The highest BCUT2D eigenvalue weighted by Gasteiger charge is 2.43. The monoisotopic (exact) mass is 275 g/mol. The highest BCUT2D eigenvalue weighted by molar-refractivity contribution is 5.78. The van der Waals surface area contributed by atoms with Crippen molar-refractivity contribution in [3.05, 3.63) is 34.5 Å². The van der Waals surface area contributed by atoms with Gasteiger partial charge in [0.05, 0.1) is 10.5 Å². The van der Waals surface area contributed by atoms with Crippen molar-refractivity contribution in [2.24, 2.45) is 5.73 Å². The van der Waals surface area contributed by atoms with E-state index in [1.807, 2.05) is 18.7 Å². The van der Waals surface area contributed by atoms with E-state index >= 15 is 0 Å². The van der Waals surface area contributed by atoms with Crippen molar-refractivity contribution in [2.75, 3.05) is 11.4 Å². The van der Waals surface area contributed by atoms with Crippen LogP contribution in [0.25, 0.3) is 5.52 Å². The molecule has 0 saturated carbocycles. The second kappa shape index (κ2) is 4.17. The quantitative estimate of drug-likeness (QED) is 0.663. The van der Waals surface area contributed by atoms with Gasteiger partial charge in [0, 0.05) is 18.8 Å². The third kappa shape index (κ3) is 1.66. The Hall–Kier alpha value is -2.15. The molecule has 7 heteroatoms. The van der Waals surface area contributed by atoms with E-state index in [2.05, 4.69) is 5.10 Å². The van der Waals surface area contributed by atoms with Gasteiger partial charge in [-0.1, -0.05) is 6.07 Å². The summed E-state index contributed by atoms with van der Waals surface area (Å²) in [6, 6.07) is 5.26. The molecule has 3 heterocycles. The molecule has 0 aliphatic carbocycles. The van der Waals surface area contributed by atoms with E-state index < -0.39 is 0 Å². The van der Waals surface area contributed by atoms with Crippen LogP contribution in [0.4, 0.5) is 11.5 Å². The maximum atomic E-state index is 11.4. The molecule has 2 aromatic rings. The summed E-state index contributed by atoms with van der Waals surface area (Å²) in [6.07, 6.45) is 2.52. The van der Waals surface area contributed by atoms with Crippen LogP contribution >= 0.6 is 0 Å². The molecule has 1 unspecified atom stereocenters. The van der Waals surface area contributed by atoms with Crippen LogP contribution in [0.1, 0.15) is 20.3 Å². The van der Waals surface area contributed by atoms with Gasteiger partial charge >= 0.3 is 5.69 Å². The standard InChI is InChI=1S/C13H17N5O2/c1-13(2)10(14)6-8-16(13)12-11(18(19)20)9-5-3-4-7-17(9)15-12/h3-5,7,10H,6,8,14H2,1-2H3. The van der Waals surface area contributed by atoms with Crippen molar-refractivity contribution in [1.82, 2.24) is 9.61 Å². The van der Waals surface area contributed by atoms with Gasteiger partial charge in [-0.25, -0.2) is 4.52 Å². The lowest BCUT2D eigenvalue weighted by molar-refractivity contribution is -0.382. The number of aromatic nitrogens is 2. The summed E-state index contributed by atoms with van der Waals surface area (Å²) in [5, 5.41) is 15.8. The van der Waals surface area contributed by atoms with Crippen LogP contribution in [0.3, 0.4) is 0 Å². The highest BCUT2D eigenvalue weighted by atomic mass is 16.6. The smallest absolute Gasteiger partial charge is 0.338 e. The zero-order chi connectivity index (χ0) is 14.5. The van der Waals surface area contributed by atoms with Crippen molar-refractivity contribution in [1.29, 1.82) is 0 Å². The van der Waals surface area contributed by atoms with Crippen molar-refractivity contribution in [3.63, 3.8) is 0 Å². The summed E-state index contributed by atoms with van der Waals surface area (Å²) in [4.78, 5) is 13.0. The molecule has 106 valence electrons. The van der Waals surface area contributed by atoms with Crippen molar-refractivity contribution in [3.8, 4) is 0 Å². The minimum absolute atomic E-state index is 0.0214. The maximum Gasteiger partial charge on any atom is 0.338 e. The van der Waals surface area contributed by atoms with E-state index in [1.54, 1.807) is 28.9 Å². The Morgan fingerprint density at radius 3 is 2.85 bits per heavy atom. The van der Waals surface area contributed by atoms with E-state index in [1.165, 1.54) is 0 Å². The molecular weight excluding hydrogens is 258 g/mol. The molecule has 0 radical (unpaired) electrons. The van der Waals surface area contributed by atoms with Gasteiger partial charge in [0.2, 0.25) is 5.82 Å². The summed E-state index contributed by atoms with van der Waals surface area (Å²) < 4.78 is 1.55. The van der Waals surface area contributed by atoms with Gasteiger partial charge in [0.15, 0.2) is 0 Å². The Bertz CT molecular complexity index is 678. The lowest BCUT2D eigenvalue weighted by Gasteiger charge is -2.33. The van der Waals surface area contributed by atoms with E-state index in [0.717, 1.165) is 6.42 Å². The van der Waals surface area contributed by atoms with Crippen LogP contribution in [0, 0.1) is 10.1 Å². The summed E-state index contributed by atoms with van der Waals surface area (Å²) in [7, 11) is 0. The van der Waals surface area contributed by atoms with Crippen LogP contribution < -0.4 is 10.6 Å². The highest BCUT2D eigenvalue weighted by Crippen LogP contribution is 2.39. The first kappa shape index (κ1) is 12.9. The largest absolute Gasteiger partial charge is 0.343 e. The molecule has 1 atom stereocenters. The second-order valence-corrected chi connectivity index (χ2v) is 5.66. The Balaban J connectivity index is 2.21. The van der Waals surface area contributed by atoms with E-state index in [4.69, 9.17) is 5.73 Å². The third-order valence-corrected chi connectivity index (χ3v) is 4.20. The summed E-state index contributed by atoms with van der Waals surface area (Å²) in [5.74, 6) is 0.402. The SMILES string of the molecule is CC1(C)C(N)CCN1c1nn2ccccc2c1[N+](=O)[O-]. The summed E-state index contributed by atoms with van der Waals surface area (Å²) in [6.45, 7) is 4.68. The first-order valence-corrected chi connectivity index (χ1v) is 6.58. The average molecular weight is 275 g/mol. The number of nitro groups is 1. The van der Waals surface area contributed by atoms with Crippen LogP contribution in [0.2, 0.25) is 0 Å². The fourth-order valence-corrected chi connectivity index (χ4v) is 2.82. The molecular formula is C13H17N5O2. The lowest BCUT2D eigenvalue weighted by Crippen LogP contribution is -2.49. The molecule has 0 bridgehead atoms. The van der Waals surface area contributed by atoms with Gasteiger partial charge in [0.25, 0.3) is 0 Å². The van der Waals surface area contributed by atoms with Crippen molar-refractivity contribution < 1.29 is 4.92 Å². The molecule has 20 heavy (non-hydrogen) atoms. The molecule has 1 fully saturated rings. The Morgan fingerprint density at radius 1 is 1.50 bits per heavy atom. The van der Waals surface area contributed by atoms with E-state index in [0.29, 0.717) is 17.9 Å². The average Bonchev–Trinajstić information content (AvgIpc) is 2.88. The molecule has 7 nitrogen and oxygen atoms in total. The van der Waals surface area contributed by atoms with Crippen LogP contribution in [0.5, 0.6) is 0 Å². The topological polar surface area (TPSA) is 89.7 Å². The molecule has 0 amide bonds. The predicted octanol–water partition coefficient (Wildman–Crippen LogP) is 1.56. The summed E-state index contributed by atoms with van der Waals surface area (Å²) in [5.41, 5.74) is 6.32. The fourth-order valence-electron chi connectivity index (χ4n) is 2.82. The van der Waals surface area contributed by atoms with Gasteiger partial charge < -0.3 is 10.6 Å². The zero-order valence-electron chi connectivity index (χ0n) is 11.5. The first-order valence-electron chi connectivity index (χ1n) is 6.58. The molecule has 2 N–H and O–H groups in total. The Labute approximate surface area is 116 Å². The van der Waals surface area contributed by atoms with Gasteiger partial charge in [-0.15, -0.1) is 5.10 Å². The van der Waals surface area contributed by atoms with Crippen LogP contribution in [-0.4, -0.2) is 32.7 Å². The number of hydrogen-bond donors (Lipinski definition) is 1.